The molecule has 0 saturated carbocycles. The van der Waals surface area contributed by atoms with Crippen molar-refractivity contribution >= 4 is 57.1 Å². The third kappa shape index (κ3) is 5.31. The van der Waals surface area contributed by atoms with Crippen molar-refractivity contribution in [2.24, 2.45) is 0 Å². The van der Waals surface area contributed by atoms with Crippen LogP contribution in [0.3, 0.4) is 0 Å². The highest BCUT2D eigenvalue weighted by Crippen LogP contribution is 2.33. The molecular formula is C27H22BrClN2O4. The molecule has 4 amide bonds. The maximum Gasteiger partial charge on any atom is 0.335 e. The Bertz CT molecular complexity index is 1360. The molecule has 1 saturated heterocycles. The topological polar surface area (TPSA) is 75.7 Å². The molecule has 0 aliphatic carbocycles. The van der Waals surface area contributed by atoms with E-state index in [-0.39, 0.29) is 5.57 Å². The number of aryl methyl sites for hydroxylation is 2. The highest BCUT2D eigenvalue weighted by molar-refractivity contribution is 9.10. The van der Waals surface area contributed by atoms with Crippen molar-refractivity contribution in [3.8, 4) is 5.75 Å². The molecule has 0 unspecified atom stereocenters. The predicted octanol–water partition coefficient (Wildman–Crippen LogP) is 5.99. The fourth-order valence-electron chi connectivity index (χ4n) is 4.09. The third-order valence-corrected chi connectivity index (χ3v) is 6.42. The summed E-state index contributed by atoms with van der Waals surface area (Å²) in [6.45, 7) is 4.08. The van der Waals surface area contributed by atoms with Gasteiger partial charge in [-0.2, -0.15) is 0 Å². The van der Waals surface area contributed by atoms with Crippen LogP contribution >= 0.6 is 27.5 Å². The van der Waals surface area contributed by atoms with Crippen LogP contribution in [0.5, 0.6) is 5.75 Å². The number of halogens is 2. The number of rotatable bonds is 5. The molecule has 0 aromatic heterocycles. The zero-order valence-electron chi connectivity index (χ0n) is 19.3. The van der Waals surface area contributed by atoms with Gasteiger partial charge < -0.3 is 4.74 Å². The Morgan fingerprint density at radius 1 is 1.00 bits per heavy atom. The van der Waals surface area contributed by atoms with Crippen LogP contribution in [0.25, 0.3) is 6.08 Å². The summed E-state index contributed by atoms with van der Waals surface area (Å²) in [6.07, 6.45) is 1.97. The zero-order valence-corrected chi connectivity index (χ0v) is 21.7. The number of hydrogen-bond donors (Lipinski definition) is 1. The van der Waals surface area contributed by atoms with Crippen LogP contribution in [-0.4, -0.2) is 25.0 Å². The molecule has 0 radical (unpaired) electrons. The molecule has 35 heavy (non-hydrogen) atoms. The first kappa shape index (κ1) is 24.7. The van der Waals surface area contributed by atoms with Crippen LogP contribution in [0.4, 0.5) is 10.5 Å². The van der Waals surface area contributed by atoms with E-state index in [4.69, 9.17) is 16.3 Å². The predicted molar refractivity (Wildman–Crippen MR) is 140 cm³/mol. The lowest BCUT2D eigenvalue weighted by Crippen LogP contribution is -2.54. The molecular weight excluding hydrogens is 532 g/mol. The standard InChI is InChI=1S/C27H22BrClN2O4/c1-15-8-16(2)10-17(9-15)11-21-23(29)13-18(14-24(21)35-3)12-22-25(32)30-27(34)31(26(22)33)20-6-4-19(28)5-7-20/h4-10,12-14H,11H2,1-3H3,(H,30,32,34)/b22-12+. The Morgan fingerprint density at radius 2 is 1.66 bits per heavy atom. The summed E-state index contributed by atoms with van der Waals surface area (Å²) in [7, 11) is 1.54. The van der Waals surface area contributed by atoms with Gasteiger partial charge in [-0.1, -0.05) is 56.9 Å². The van der Waals surface area contributed by atoms with E-state index in [2.05, 4.69) is 39.4 Å². The quantitative estimate of drug-likeness (QED) is 0.311. The van der Waals surface area contributed by atoms with Gasteiger partial charge in [0.15, 0.2) is 0 Å². The monoisotopic (exact) mass is 552 g/mol. The van der Waals surface area contributed by atoms with Gasteiger partial charge in [0.1, 0.15) is 11.3 Å². The van der Waals surface area contributed by atoms with Crippen LogP contribution in [-0.2, 0) is 16.0 Å². The first-order valence-corrected chi connectivity index (χ1v) is 11.9. The number of carbonyl (C=O) groups excluding carboxylic acids is 3. The van der Waals surface area contributed by atoms with Crippen molar-refractivity contribution in [1.82, 2.24) is 5.32 Å². The number of nitrogens with zero attached hydrogens (tertiary/aromatic N) is 1. The summed E-state index contributed by atoms with van der Waals surface area (Å²) in [5, 5.41) is 2.67. The minimum Gasteiger partial charge on any atom is -0.496 e. The third-order valence-electron chi connectivity index (χ3n) is 5.56. The van der Waals surface area contributed by atoms with Crippen molar-refractivity contribution in [3.63, 3.8) is 0 Å². The molecule has 1 N–H and O–H groups in total. The minimum absolute atomic E-state index is 0.187. The number of carbonyl (C=O) groups is 3. The summed E-state index contributed by atoms with van der Waals surface area (Å²) in [6, 6.07) is 15.5. The minimum atomic E-state index is -0.807. The van der Waals surface area contributed by atoms with Crippen molar-refractivity contribution < 1.29 is 19.1 Å². The van der Waals surface area contributed by atoms with Gasteiger partial charge >= 0.3 is 6.03 Å². The molecule has 0 atom stereocenters. The second-order valence-electron chi connectivity index (χ2n) is 8.29. The fraction of sp³-hybridized carbons (Fsp3) is 0.148. The van der Waals surface area contributed by atoms with Gasteiger partial charge in [0.05, 0.1) is 12.8 Å². The van der Waals surface area contributed by atoms with Crippen molar-refractivity contribution in [2.45, 2.75) is 20.3 Å². The highest BCUT2D eigenvalue weighted by atomic mass is 79.9. The second kappa shape index (κ2) is 10.1. The molecule has 178 valence electrons. The van der Waals surface area contributed by atoms with E-state index >= 15 is 0 Å². The van der Waals surface area contributed by atoms with E-state index < -0.39 is 17.8 Å². The number of anilines is 1. The number of amides is 4. The number of imide groups is 2. The zero-order chi connectivity index (χ0) is 25.3. The summed E-state index contributed by atoms with van der Waals surface area (Å²) in [5.41, 5.74) is 4.86. The summed E-state index contributed by atoms with van der Waals surface area (Å²) in [5.74, 6) is -0.966. The van der Waals surface area contributed by atoms with Crippen LogP contribution in [0.2, 0.25) is 5.02 Å². The average molecular weight is 554 g/mol. The van der Waals surface area contributed by atoms with Gasteiger partial charge in [0.2, 0.25) is 0 Å². The number of urea groups is 1. The number of hydrogen-bond acceptors (Lipinski definition) is 4. The molecule has 4 rings (SSSR count). The molecule has 1 fully saturated rings. The summed E-state index contributed by atoms with van der Waals surface area (Å²) < 4.78 is 6.39. The van der Waals surface area contributed by atoms with Crippen LogP contribution in [0, 0.1) is 13.8 Å². The van der Waals surface area contributed by atoms with Gasteiger partial charge in [-0.05, 0) is 67.4 Å². The van der Waals surface area contributed by atoms with E-state index in [1.165, 1.54) is 6.08 Å². The van der Waals surface area contributed by atoms with Crippen molar-refractivity contribution in [1.29, 1.82) is 0 Å². The normalized spacial score (nSPS) is 14.9. The van der Waals surface area contributed by atoms with Crippen molar-refractivity contribution in [2.75, 3.05) is 12.0 Å². The molecule has 3 aromatic rings. The van der Waals surface area contributed by atoms with Crippen molar-refractivity contribution in [3.05, 3.63) is 97.5 Å². The molecule has 6 nitrogen and oxygen atoms in total. The van der Waals surface area contributed by atoms with Gasteiger partial charge in [0, 0.05) is 21.5 Å². The Kier molecular flexibility index (Phi) is 7.10. The molecule has 0 spiro atoms. The number of barbiturate groups is 1. The van der Waals surface area contributed by atoms with E-state index in [1.807, 2.05) is 13.8 Å². The molecule has 0 bridgehead atoms. The van der Waals surface area contributed by atoms with Gasteiger partial charge in [-0.25, -0.2) is 9.69 Å². The van der Waals surface area contributed by atoms with Crippen LogP contribution in [0.15, 0.2) is 64.6 Å². The average Bonchev–Trinajstić information content (AvgIpc) is 2.78. The van der Waals surface area contributed by atoms with Gasteiger partial charge in [0.25, 0.3) is 11.8 Å². The van der Waals surface area contributed by atoms with E-state index in [0.29, 0.717) is 28.4 Å². The van der Waals surface area contributed by atoms with Gasteiger partial charge in [-0.3, -0.25) is 14.9 Å². The van der Waals surface area contributed by atoms with E-state index in [1.54, 1.807) is 43.5 Å². The highest BCUT2D eigenvalue weighted by Gasteiger charge is 2.36. The molecule has 1 aliphatic rings. The Morgan fingerprint density at radius 3 is 2.29 bits per heavy atom. The molecule has 1 heterocycles. The number of benzene rings is 3. The number of nitrogens with one attached hydrogen (secondary N) is 1. The Labute approximate surface area is 216 Å². The Hall–Kier alpha value is -3.42. The van der Waals surface area contributed by atoms with E-state index in [9.17, 15) is 14.4 Å². The number of methoxy groups -OCH3 is 1. The first-order chi connectivity index (χ1) is 16.7. The lowest BCUT2D eigenvalue weighted by atomic mass is 9.98. The number of ether oxygens (including phenoxy) is 1. The maximum absolute atomic E-state index is 13.1. The molecule has 1 aliphatic heterocycles. The van der Waals surface area contributed by atoms with Crippen LogP contribution < -0.4 is 15.0 Å². The lowest BCUT2D eigenvalue weighted by Gasteiger charge is -2.26. The fourth-order valence-corrected chi connectivity index (χ4v) is 4.64. The largest absolute Gasteiger partial charge is 0.496 e. The van der Waals surface area contributed by atoms with E-state index in [0.717, 1.165) is 31.6 Å². The smallest absolute Gasteiger partial charge is 0.335 e. The summed E-state index contributed by atoms with van der Waals surface area (Å²) in [4.78, 5) is 39.0. The first-order valence-electron chi connectivity index (χ1n) is 10.8. The molecule has 8 heteroatoms. The Balaban J connectivity index is 1.70. The SMILES string of the molecule is COc1cc(/C=C2\C(=O)NC(=O)N(c3ccc(Br)cc3)C2=O)cc(Cl)c1Cc1cc(C)cc(C)c1. The summed E-state index contributed by atoms with van der Waals surface area (Å²) >= 11 is 9.96. The molecule has 3 aromatic carbocycles. The van der Waals surface area contributed by atoms with Gasteiger partial charge in [-0.15, -0.1) is 0 Å². The second-order valence-corrected chi connectivity index (χ2v) is 9.61. The maximum atomic E-state index is 13.1. The van der Waals surface area contributed by atoms with Crippen LogP contribution in [0.1, 0.15) is 27.8 Å². The lowest BCUT2D eigenvalue weighted by molar-refractivity contribution is -0.122.